The van der Waals surface area contributed by atoms with Crippen LogP contribution in [0.25, 0.3) is 0 Å². The predicted molar refractivity (Wildman–Crippen MR) is 128 cm³/mol. The molecule has 8 atom stereocenters. The number of hydrogen-bond donors (Lipinski definition) is 3. The smallest absolute Gasteiger partial charge is 0.0837 e. The third kappa shape index (κ3) is 4.66. The second-order valence-corrected chi connectivity index (χ2v) is 12.1. The molecule has 0 bridgehead atoms. The Morgan fingerprint density at radius 3 is 2.69 bits per heavy atom. The first-order valence-electron chi connectivity index (χ1n) is 12.8. The minimum absolute atomic E-state index is 0.160. The van der Waals surface area contributed by atoms with Crippen LogP contribution in [0, 0.1) is 29.1 Å². The van der Waals surface area contributed by atoms with Crippen LogP contribution in [0.5, 0.6) is 0 Å². The fourth-order valence-electron chi connectivity index (χ4n) is 7.39. The van der Waals surface area contributed by atoms with E-state index in [1.165, 1.54) is 31.3 Å². The summed E-state index contributed by atoms with van der Waals surface area (Å²) in [6, 6.07) is 0. The molecule has 0 unspecified atom stereocenters. The minimum Gasteiger partial charge on any atom is -0.392 e. The molecule has 0 radical (unpaired) electrons. The molecule has 1 saturated heterocycles. The Labute approximate surface area is 194 Å². The lowest BCUT2D eigenvalue weighted by molar-refractivity contribution is -0.00225. The zero-order chi connectivity index (χ0) is 23.3. The average molecular weight is 445 g/mol. The molecule has 0 spiro atoms. The molecule has 180 valence electrons. The van der Waals surface area contributed by atoms with Crippen molar-refractivity contribution in [1.29, 1.82) is 0 Å². The summed E-state index contributed by atoms with van der Waals surface area (Å²) >= 11 is 0. The van der Waals surface area contributed by atoms with Crippen LogP contribution < -0.4 is 0 Å². The van der Waals surface area contributed by atoms with E-state index in [2.05, 4.69) is 25.7 Å². The topological polar surface area (TPSA) is 69.9 Å². The highest BCUT2D eigenvalue weighted by Gasteiger charge is 2.53. The third-order valence-corrected chi connectivity index (χ3v) is 9.19. The lowest BCUT2D eigenvalue weighted by atomic mass is 9.62. The Morgan fingerprint density at radius 2 is 1.97 bits per heavy atom. The first kappa shape index (κ1) is 24.2. The standard InChI is InChI=1S/C28H44O4/c1-17-21(14-24(29)18(2)26(17)30)9-8-20-7-6-12-28(5)22(20)10-11-23(28)25-13-19(16-32-25)15-27(3,4)31/h8-9,18-19,22-26,29-31H,1,6-7,10-16H2,2-5H3/b20-8+,21-9-/t18-,19-,22-,23+,24+,25-,26+,28-/m0/s1. The van der Waals surface area contributed by atoms with E-state index in [-0.39, 0.29) is 11.3 Å². The number of ether oxygens (including phenoxy) is 1. The van der Waals surface area contributed by atoms with Crippen molar-refractivity contribution in [2.45, 2.75) is 103 Å². The summed E-state index contributed by atoms with van der Waals surface area (Å²) in [7, 11) is 0. The van der Waals surface area contributed by atoms with Crippen LogP contribution in [-0.4, -0.2) is 45.8 Å². The van der Waals surface area contributed by atoms with Crippen LogP contribution in [0.2, 0.25) is 0 Å². The summed E-state index contributed by atoms with van der Waals surface area (Å²) in [6.45, 7) is 13.1. The molecule has 0 amide bonds. The largest absolute Gasteiger partial charge is 0.392 e. The van der Waals surface area contributed by atoms with Gasteiger partial charge in [0.25, 0.3) is 0 Å². The van der Waals surface area contributed by atoms with Gasteiger partial charge < -0.3 is 20.1 Å². The average Bonchev–Trinajstić information content (AvgIpc) is 3.30. The Hall–Kier alpha value is -0.940. The molecule has 32 heavy (non-hydrogen) atoms. The lowest BCUT2D eigenvalue weighted by Gasteiger charge is -2.44. The van der Waals surface area contributed by atoms with Gasteiger partial charge in [-0.2, -0.15) is 0 Å². The highest BCUT2D eigenvalue weighted by molar-refractivity contribution is 5.39. The normalized spacial score (nSPS) is 45.6. The van der Waals surface area contributed by atoms with Crippen molar-refractivity contribution in [3.63, 3.8) is 0 Å². The molecule has 3 saturated carbocycles. The number of allylic oxidation sites excluding steroid dienone is 3. The molecule has 4 nitrogen and oxygen atoms in total. The van der Waals surface area contributed by atoms with Crippen molar-refractivity contribution in [2.24, 2.45) is 29.1 Å². The first-order chi connectivity index (χ1) is 15.0. The summed E-state index contributed by atoms with van der Waals surface area (Å²) in [5.74, 6) is 1.47. The van der Waals surface area contributed by atoms with Gasteiger partial charge in [0.05, 0.1) is 23.9 Å². The van der Waals surface area contributed by atoms with Gasteiger partial charge in [0.2, 0.25) is 0 Å². The summed E-state index contributed by atoms with van der Waals surface area (Å²) in [5.41, 5.74) is 2.93. The van der Waals surface area contributed by atoms with Crippen LogP contribution >= 0.6 is 0 Å². The van der Waals surface area contributed by atoms with Crippen LogP contribution in [-0.2, 0) is 4.74 Å². The maximum Gasteiger partial charge on any atom is 0.0837 e. The minimum atomic E-state index is -0.660. The molecule has 0 aromatic carbocycles. The van der Waals surface area contributed by atoms with Crippen molar-refractivity contribution in [3.8, 4) is 0 Å². The van der Waals surface area contributed by atoms with E-state index in [4.69, 9.17) is 4.74 Å². The first-order valence-corrected chi connectivity index (χ1v) is 12.8. The van der Waals surface area contributed by atoms with E-state index in [1.54, 1.807) is 0 Å². The molecule has 0 aromatic rings. The van der Waals surface area contributed by atoms with Gasteiger partial charge in [-0.15, -0.1) is 0 Å². The second-order valence-electron chi connectivity index (χ2n) is 12.1. The molecular weight excluding hydrogens is 400 g/mol. The maximum absolute atomic E-state index is 10.4. The molecule has 4 heteroatoms. The number of fused-ring (bicyclic) bond motifs is 1. The van der Waals surface area contributed by atoms with Gasteiger partial charge in [-0.1, -0.05) is 38.2 Å². The van der Waals surface area contributed by atoms with Crippen molar-refractivity contribution in [2.75, 3.05) is 6.61 Å². The summed E-state index contributed by atoms with van der Waals surface area (Å²) < 4.78 is 6.34. The van der Waals surface area contributed by atoms with Gasteiger partial charge >= 0.3 is 0 Å². The lowest BCUT2D eigenvalue weighted by Crippen LogP contribution is -2.38. The molecule has 1 heterocycles. The highest BCUT2D eigenvalue weighted by atomic mass is 16.5. The predicted octanol–water partition coefficient (Wildman–Crippen LogP) is 4.94. The van der Waals surface area contributed by atoms with Crippen molar-refractivity contribution < 1.29 is 20.1 Å². The quantitative estimate of drug-likeness (QED) is 0.574. The van der Waals surface area contributed by atoms with E-state index in [0.29, 0.717) is 30.3 Å². The Morgan fingerprint density at radius 1 is 1.22 bits per heavy atom. The highest BCUT2D eigenvalue weighted by Crippen LogP contribution is 2.60. The number of rotatable bonds is 4. The molecule has 4 rings (SSSR count). The number of hydrogen-bond acceptors (Lipinski definition) is 4. The molecule has 1 aliphatic heterocycles. The number of aliphatic hydroxyl groups excluding tert-OH is 2. The monoisotopic (exact) mass is 444 g/mol. The van der Waals surface area contributed by atoms with Gasteiger partial charge in [-0.25, -0.2) is 0 Å². The second kappa shape index (κ2) is 9.02. The van der Waals surface area contributed by atoms with Crippen molar-refractivity contribution in [3.05, 3.63) is 35.5 Å². The van der Waals surface area contributed by atoms with Crippen LogP contribution in [0.3, 0.4) is 0 Å². The maximum atomic E-state index is 10.4. The van der Waals surface area contributed by atoms with E-state index in [1.807, 2.05) is 20.8 Å². The molecule has 4 fully saturated rings. The van der Waals surface area contributed by atoms with Crippen molar-refractivity contribution in [1.82, 2.24) is 0 Å². The SMILES string of the molecule is C=C1/C(=C\C=C2/CCC[C@]3(C)[C@@H]([C@@H]4C[C@@H](CC(C)(C)O)CO4)CC[C@@H]23)C[C@@H](O)[C@H](C)[C@@H]1O. The van der Waals surface area contributed by atoms with E-state index >= 15 is 0 Å². The molecule has 3 N–H and O–H groups in total. The van der Waals surface area contributed by atoms with E-state index in [0.717, 1.165) is 37.0 Å². The van der Waals surface area contributed by atoms with Gasteiger partial charge in [-0.3, -0.25) is 0 Å². The van der Waals surface area contributed by atoms with Gasteiger partial charge in [-0.05, 0) is 99.5 Å². The zero-order valence-electron chi connectivity index (χ0n) is 20.5. The Balaban J connectivity index is 1.48. The number of aliphatic hydroxyl groups is 3. The van der Waals surface area contributed by atoms with E-state index in [9.17, 15) is 15.3 Å². The third-order valence-electron chi connectivity index (χ3n) is 9.19. The summed E-state index contributed by atoms with van der Waals surface area (Å²) in [6.07, 6.45) is 12.1. The molecular formula is C28H44O4. The fourth-order valence-corrected chi connectivity index (χ4v) is 7.39. The Bertz CT molecular complexity index is 775. The van der Waals surface area contributed by atoms with Gasteiger partial charge in [0, 0.05) is 12.5 Å². The fraction of sp³-hybridized carbons (Fsp3) is 0.786. The van der Waals surface area contributed by atoms with Crippen molar-refractivity contribution >= 4 is 0 Å². The summed E-state index contributed by atoms with van der Waals surface area (Å²) in [4.78, 5) is 0. The van der Waals surface area contributed by atoms with Gasteiger partial charge in [0.1, 0.15) is 0 Å². The van der Waals surface area contributed by atoms with Crippen LogP contribution in [0.15, 0.2) is 35.5 Å². The van der Waals surface area contributed by atoms with E-state index < -0.39 is 17.8 Å². The molecule has 4 aliphatic rings. The van der Waals surface area contributed by atoms with Crippen LogP contribution in [0.4, 0.5) is 0 Å². The Kier molecular flexibility index (Phi) is 6.82. The zero-order valence-corrected chi connectivity index (χ0v) is 20.5. The van der Waals surface area contributed by atoms with Gasteiger partial charge in [0.15, 0.2) is 0 Å². The molecule has 0 aromatic heterocycles. The summed E-state index contributed by atoms with van der Waals surface area (Å²) in [5, 5.41) is 31.0. The molecule has 3 aliphatic carbocycles. The van der Waals surface area contributed by atoms with Crippen LogP contribution in [0.1, 0.15) is 79.1 Å².